The number of nitrogens with zero attached hydrogens (tertiary/aromatic N) is 1. The normalized spacial score (nSPS) is 13.8. The molecule has 0 bridgehead atoms. The lowest BCUT2D eigenvalue weighted by atomic mass is 10.3. The first-order valence-corrected chi connectivity index (χ1v) is 7.57. The lowest BCUT2D eigenvalue weighted by Gasteiger charge is -2.16. The quantitative estimate of drug-likeness (QED) is 0.758. The molecule has 0 radical (unpaired) electrons. The van der Waals surface area contributed by atoms with Crippen molar-refractivity contribution in [1.29, 1.82) is 0 Å². The van der Waals surface area contributed by atoms with E-state index in [1.54, 1.807) is 24.1 Å². The minimum Gasteiger partial charge on any atom is -0.494 e. The van der Waals surface area contributed by atoms with Gasteiger partial charge in [0.1, 0.15) is 5.75 Å². The Hall–Kier alpha value is -2.08. The zero-order valence-corrected chi connectivity index (χ0v) is 13.1. The highest BCUT2D eigenvalue weighted by molar-refractivity contribution is 5.92. The third-order valence-corrected chi connectivity index (χ3v) is 3.22. The summed E-state index contributed by atoms with van der Waals surface area (Å²) in [6.07, 6.45) is 2.13. The molecule has 120 valence electrons. The maximum absolute atomic E-state index is 11.9. The molecule has 0 saturated heterocycles. The average molecular weight is 305 g/mol. The summed E-state index contributed by atoms with van der Waals surface area (Å²) in [5.74, 6) is 0.596. The minimum absolute atomic E-state index is 0.0288. The molecular formula is C16H23N3O3. The van der Waals surface area contributed by atoms with E-state index in [4.69, 9.17) is 4.74 Å². The van der Waals surface area contributed by atoms with Crippen molar-refractivity contribution in [3.05, 3.63) is 24.3 Å². The van der Waals surface area contributed by atoms with E-state index in [0.717, 1.165) is 18.6 Å². The van der Waals surface area contributed by atoms with Crippen molar-refractivity contribution < 1.29 is 14.3 Å². The fraction of sp³-hybridized carbons (Fsp3) is 0.500. The number of anilines is 1. The maximum Gasteiger partial charge on any atom is 0.238 e. The van der Waals surface area contributed by atoms with E-state index in [1.165, 1.54) is 0 Å². The standard InChI is InChI=1S/C16H23N3O3/c1-3-22-14-8-6-13(7-9-14)18-16(21)11-19(2)10-15(20)17-12-4-5-12/h6-9,12H,3-5,10-11H2,1-2H3,(H,17,20)(H,18,21). The molecular weight excluding hydrogens is 282 g/mol. The van der Waals surface area contributed by atoms with E-state index in [1.807, 2.05) is 19.1 Å². The van der Waals surface area contributed by atoms with Crippen LogP contribution < -0.4 is 15.4 Å². The molecule has 0 aromatic heterocycles. The Morgan fingerprint density at radius 3 is 2.41 bits per heavy atom. The first-order valence-electron chi connectivity index (χ1n) is 7.57. The van der Waals surface area contributed by atoms with Crippen LogP contribution in [0.3, 0.4) is 0 Å². The second-order valence-electron chi connectivity index (χ2n) is 5.52. The first kappa shape index (κ1) is 16.3. The highest BCUT2D eigenvalue weighted by Crippen LogP contribution is 2.18. The summed E-state index contributed by atoms with van der Waals surface area (Å²) in [5, 5.41) is 5.70. The number of carbonyl (C=O) groups is 2. The lowest BCUT2D eigenvalue weighted by Crippen LogP contribution is -2.39. The van der Waals surface area contributed by atoms with Crippen molar-refractivity contribution in [2.24, 2.45) is 0 Å². The van der Waals surface area contributed by atoms with Gasteiger partial charge in [0.15, 0.2) is 0 Å². The topological polar surface area (TPSA) is 70.7 Å². The van der Waals surface area contributed by atoms with Gasteiger partial charge in [0.25, 0.3) is 0 Å². The number of hydrogen-bond donors (Lipinski definition) is 2. The van der Waals surface area contributed by atoms with Crippen LogP contribution in [-0.4, -0.2) is 49.5 Å². The summed E-state index contributed by atoms with van der Waals surface area (Å²) in [6.45, 7) is 2.93. The zero-order chi connectivity index (χ0) is 15.9. The van der Waals surface area contributed by atoms with Crippen LogP contribution in [0.4, 0.5) is 5.69 Å². The van der Waals surface area contributed by atoms with E-state index >= 15 is 0 Å². The monoisotopic (exact) mass is 305 g/mol. The summed E-state index contributed by atoms with van der Waals surface area (Å²) in [4.78, 5) is 25.3. The second-order valence-corrected chi connectivity index (χ2v) is 5.52. The summed E-state index contributed by atoms with van der Waals surface area (Å²) in [7, 11) is 1.75. The first-order chi connectivity index (χ1) is 10.6. The van der Waals surface area contributed by atoms with Crippen LogP contribution >= 0.6 is 0 Å². The van der Waals surface area contributed by atoms with Crippen LogP contribution in [-0.2, 0) is 9.59 Å². The van der Waals surface area contributed by atoms with Crippen LogP contribution in [0.1, 0.15) is 19.8 Å². The zero-order valence-electron chi connectivity index (χ0n) is 13.1. The van der Waals surface area contributed by atoms with Gasteiger partial charge in [0.05, 0.1) is 19.7 Å². The van der Waals surface area contributed by atoms with E-state index in [2.05, 4.69) is 10.6 Å². The smallest absolute Gasteiger partial charge is 0.238 e. The molecule has 1 aromatic carbocycles. The van der Waals surface area contributed by atoms with Gasteiger partial charge in [0.2, 0.25) is 11.8 Å². The Balaban J connectivity index is 1.72. The predicted molar refractivity (Wildman–Crippen MR) is 84.9 cm³/mol. The Morgan fingerprint density at radius 2 is 1.82 bits per heavy atom. The number of rotatable bonds is 8. The van der Waals surface area contributed by atoms with Gasteiger partial charge in [-0.3, -0.25) is 14.5 Å². The fourth-order valence-electron chi connectivity index (χ4n) is 2.05. The summed E-state index contributed by atoms with van der Waals surface area (Å²) in [5.41, 5.74) is 0.712. The van der Waals surface area contributed by atoms with Crippen molar-refractivity contribution in [3.8, 4) is 5.75 Å². The van der Waals surface area contributed by atoms with Gasteiger partial charge in [-0.05, 0) is 51.1 Å². The molecule has 1 aromatic rings. The van der Waals surface area contributed by atoms with Crippen LogP contribution in [0.15, 0.2) is 24.3 Å². The molecule has 2 N–H and O–H groups in total. The molecule has 6 nitrogen and oxygen atoms in total. The number of likely N-dealkylation sites (N-methyl/N-ethyl adjacent to an activating group) is 1. The number of nitrogens with one attached hydrogen (secondary N) is 2. The molecule has 1 fully saturated rings. The van der Waals surface area contributed by atoms with Gasteiger partial charge in [-0.15, -0.1) is 0 Å². The van der Waals surface area contributed by atoms with E-state index in [0.29, 0.717) is 18.3 Å². The summed E-state index contributed by atoms with van der Waals surface area (Å²) in [6, 6.07) is 7.56. The van der Waals surface area contributed by atoms with Gasteiger partial charge in [-0.25, -0.2) is 0 Å². The third-order valence-electron chi connectivity index (χ3n) is 3.22. The number of hydrogen-bond acceptors (Lipinski definition) is 4. The van der Waals surface area contributed by atoms with Crippen LogP contribution in [0.25, 0.3) is 0 Å². The summed E-state index contributed by atoms with van der Waals surface area (Å²) >= 11 is 0. The van der Waals surface area contributed by atoms with Gasteiger partial charge in [0, 0.05) is 11.7 Å². The van der Waals surface area contributed by atoms with Gasteiger partial charge in [-0.2, -0.15) is 0 Å². The number of amides is 2. The predicted octanol–water partition coefficient (Wildman–Crippen LogP) is 1.23. The molecule has 6 heteroatoms. The van der Waals surface area contributed by atoms with E-state index in [-0.39, 0.29) is 24.9 Å². The summed E-state index contributed by atoms with van der Waals surface area (Å²) < 4.78 is 5.35. The largest absolute Gasteiger partial charge is 0.494 e. The molecule has 22 heavy (non-hydrogen) atoms. The highest BCUT2D eigenvalue weighted by Gasteiger charge is 2.23. The molecule has 1 aliphatic rings. The lowest BCUT2D eigenvalue weighted by molar-refractivity contribution is -0.123. The van der Waals surface area contributed by atoms with E-state index in [9.17, 15) is 9.59 Å². The van der Waals surface area contributed by atoms with Crippen molar-refractivity contribution >= 4 is 17.5 Å². The molecule has 0 unspecified atom stereocenters. The van der Waals surface area contributed by atoms with Crippen molar-refractivity contribution in [2.75, 3.05) is 32.1 Å². The van der Waals surface area contributed by atoms with Crippen molar-refractivity contribution in [3.63, 3.8) is 0 Å². The molecule has 0 heterocycles. The SMILES string of the molecule is CCOc1ccc(NC(=O)CN(C)CC(=O)NC2CC2)cc1. The molecule has 0 spiro atoms. The highest BCUT2D eigenvalue weighted by atomic mass is 16.5. The average Bonchev–Trinajstić information content (AvgIpc) is 3.24. The Morgan fingerprint density at radius 1 is 1.18 bits per heavy atom. The molecule has 2 rings (SSSR count). The number of ether oxygens (including phenoxy) is 1. The van der Waals surface area contributed by atoms with Gasteiger partial charge < -0.3 is 15.4 Å². The maximum atomic E-state index is 11.9. The van der Waals surface area contributed by atoms with Crippen LogP contribution in [0.5, 0.6) is 5.75 Å². The van der Waals surface area contributed by atoms with Crippen molar-refractivity contribution in [2.45, 2.75) is 25.8 Å². The minimum atomic E-state index is -0.147. The van der Waals surface area contributed by atoms with Crippen molar-refractivity contribution in [1.82, 2.24) is 10.2 Å². The Labute approximate surface area is 130 Å². The van der Waals surface area contributed by atoms with Crippen LogP contribution in [0.2, 0.25) is 0 Å². The van der Waals surface area contributed by atoms with Gasteiger partial charge >= 0.3 is 0 Å². The Bertz CT molecular complexity index is 512. The fourth-order valence-corrected chi connectivity index (χ4v) is 2.05. The van der Waals surface area contributed by atoms with E-state index < -0.39 is 0 Å². The second kappa shape index (κ2) is 7.79. The Kier molecular flexibility index (Phi) is 5.77. The molecule has 0 aliphatic heterocycles. The molecule has 2 amide bonds. The number of carbonyl (C=O) groups excluding carboxylic acids is 2. The van der Waals surface area contributed by atoms with Gasteiger partial charge in [-0.1, -0.05) is 0 Å². The van der Waals surface area contributed by atoms with Crippen LogP contribution in [0, 0.1) is 0 Å². The molecule has 1 saturated carbocycles. The number of benzene rings is 1. The molecule has 1 aliphatic carbocycles. The molecule has 0 atom stereocenters. The third kappa shape index (κ3) is 5.73.